The average molecular weight is 370 g/mol. The Morgan fingerprint density at radius 2 is 1.62 bits per heavy atom. The third-order valence-corrected chi connectivity index (χ3v) is 6.51. The van der Waals surface area contributed by atoms with Crippen LogP contribution in [0.3, 0.4) is 0 Å². The third-order valence-electron chi connectivity index (χ3n) is 4.62. The molecule has 1 aromatic heterocycles. The number of carbonyl (C=O) groups excluding carboxylic acids is 1. The van der Waals surface area contributed by atoms with Gasteiger partial charge in [-0.2, -0.15) is 4.31 Å². The first-order valence-electron chi connectivity index (χ1n) is 8.37. The van der Waals surface area contributed by atoms with E-state index in [9.17, 15) is 13.2 Å². The number of carbonyl (C=O) groups is 1. The van der Waals surface area contributed by atoms with Gasteiger partial charge < -0.3 is 9.32 Å². The number of hydrogen-bond donors (Lipinski definition) is 0. The van der Waals surface area contributed by atoms with Crippen molar-refractivity contribution in [2.45, 2.75) is 4.90 Å². The van der Waals surface area contributed by atoms with Crippen LogP contribution in [0.4, 0.5) is 0 Å². The molecule has 0 N–H and O–H groups in total. The van der Waals surface area contributed by atoms with E-state index in [1.165, 1.54) is 10.6 Å². The largest absolute Gasteiger partial charge is 0.459 e. The molecule has 0 saturated carbocycles. The maximum absolute atomic E-state index is 12.9. The Balaban J connectivity index is 1.51. The Morgan fingerprint density at radius 3 is 2.31 bits per heavy atom. The van der Waals surface area contributed by atoms with Crippen LogP contribution in [0.25, 0.3) is 10.8 Å². The minimum Gasteiger partial charge on any atom is -0.459 e. The van der Waals surface area contributed by atoms with Crippen LogP contribution >= 0.6 is 0 Å². The molecule has 0 radical (unpaired) electrons. The van der Waals surface area contributed by atoms with Crippen LogP contribution in [0.15, 0.2) is 70.2 Å². The van der Waals surface area contributed by atoms with Crippen LogP contribution in [0.5, 0.6) is 0 Å². The second-order valence-corrected chi connectivity index (χ2v) is 8.12. The molecule has 1 saturated heterocycles. The number of piperazine rings is 1. The predicted octanol–water partition coefficient (Wildman–Crippen LogP) is 2.58. The lowest BCUT2D eigenvalue weighted by Crippen LogP contribution is -2.50. The SMILES string of the molecule is O=C(c1ccco1)N1CCN(S(=O)(=O)c2ccc3ccccc3c2)CC1. The molecular weight excluding hydrogens is 352 g/mol. The Labute approximate surface area is 151 Å². The van der Waals surface area contributed by atoms with Crippen molar-refractivity contribution in [1.82, 2.24) is 9.21 Å². The summed E-state index contributed by atoms with van der Waals surface area (Å²) in [4.78, 5) is 14.2. The lowest BCUT2D eigenvalue weighted by Gasteiger charge is -2.33. The average Bonchev–Trinajstić information content (AvgIpc) is 3.22. The van der Waals surface area contributed by atoms with E-state index in [0.717, 1.165) is 10.8 Å². The highest BCUT2D eigenvalue weighted by atomic mass is 32.2. The minimum absolute atomic E-state index is 0.210. The standard InChI is InChI=1S/C19H18N2O4S/c22-19(18-6-3-13-25-18)20-9-11-21(12-10-20)26(23,24)17-8-7-15-4-1-2-5-16(15)14-17/h1-8,13-14H,9-12H2. The Bertz CT molecular complexity index is 1040. The number of nitrogens with zero attached hydrogens (tertiary/aromatic N) is 2. The summed E-state index contributed by atoms with van der Waals surface area (Å²) in [5.41, 5.74) is 0. The van der Waals surface area contributed by atoms with Crippen molar-refractivity contribution in [3.8, 4) is 0 Å². The zero-order valence-electron chi connectivity index (χ0n) is 14.0. The summed E-state index contributed by atoms with van der Waals surface area (Å²) < 4.78 is 32.4. The van der Waals surface area contributed by atoms with Crippen LogP contribution in [-0.4, -0.2) is 49.7 Å². The van der Waals surface area contributed by atoms with E-state index in [1.807, 2.05) is 30.3 Å². The molecule has 0 bridgehead atoms. The van der Waals surface area contributed by atoms with Gasteiger partial charge in [0.1, 0.15) is 0 Å². The van der Waals surface area contributed by atoms with E-state index >= 15 is 0 Å². The molecule has 26 heavy (non-hydrogen) atoms. The topological polar surface area (TPSA) is 70.8 Å². The molecule has 2 heterocycles. The number of rotatable bonds is 3. The minimum atomic E-state index is -3.58. The molecule has 0 atom stereocenters. The number of amides is 1. The normalized spacial score (nSPS) is 16.1. The smallest absolute Gasteiger partial charge is 0.289 e. The summed E-state index contributed by atoms with van der Waals surface area (Å²) in [6.07, 6.45) is 1.45. The lowest BCUT2D eigenvalue weighted by molar-refractivity contribution is 0.0666. The van der Waals surface area contributed by atoms with Crippen LogP contribution in [0.1, 0.15) is 10.6 Å². The van der Waals surface area contributed by atoms with E-state index in [4.69, 9.17) is 4.42 Å². The molecule has 6 nitrogen and oxygen atoms in total. The first-order chi connectivity index (χ1) is 12.6. The molecule has 1 fully saturated rings. The number of sulfonamides is 1. The number of hydrogen-bond acceptors (Lipinski definition) is 4. The van der Waals surface area contributed by atoms with Crippen molar-refractivity contribution in [3.63, 3.8) is 0 Å². The molecular formula is C19H18N2O4S. The summed E-state index contributed by atoms with van der Waals surface area (Å²) in [5.74, 6) is 0.0635. The molecule has 0 spiro atoms. The zero-order chi connectivity index (χ0) is 18.1. The highest BCUT2D eigenvalue weighted by Gasteiger charge is 2.31. The fourth-order valence-electron chi connectivity index (χ4n) is 3.16. The third kappa shape index (κ3) is 3.00. The highest BCUT2D eigenvalue weighted by Crippen LogP contribution is 2.23. The molecule has 4 rings (SSSR count). The van der Waals surface area contributed by atoms with Gasteiger partial charge in [-0.1, -0.05) is 30.3 Å². The fraction of sp³-hybridized carbons (Fsp3) is 0.211. The van der Waals surface area contributed by atoms with Gasteiger partial charge in [-0.3, -0.25) is 4.79 Å². The van der Waals surface area contributed by atoms with E-state index < -0.39 is 10.0 Å². The van der Waals surface area contributed by atoms with Crippen LogP contribution in [0, 0.1) is 0 Å². The molecule has 0 unspecified atom stereocenters. The van der Waals surface area contributed by atoms with Gasteiger partial charge in [0, 0.05) is 26.2 Å². The summed E-state index contributed by atoms with van der Waals surface area (Å²) in [6.45, 7) is 1.21. The van der Waals surface area contributed by atoms with E-state index in [1.54, 1.807) is 29.2 Å². The quantitative estimate of drug-likeness (QED) is 0.710. The van der Waals surface area contributed by atoms with Crippen molar-refractivity contribution >= 4 is 26.7 Å². The van der Waals surface area contributed by atoms with E-state index in [-0.39, 0.29) is 29.7 Å². The summed E-state index contributed by atoms with van der Waals surface area (Å²) in [5, 5.41) is 1.89. The fourth-order valence-corrected chi connectivity index (χ4v) is 4.62. The van der Waals surface area contributed by atoms with E-state index in [0.29, 0.717) is 13.1 Å². The predicted molar refractivity (Wildman–Crippen MR) is 97.3 cm³/mol. The Morgan fingerprint density at radius 1 is 0.885 bits per heavy atom. The van der Waals surface area contributed by atoms with Gasteiger partial charge in [0.25, 0.3) is 5.91 Å². The molecule has 3 aromatic rings. The molecule has 134 valence electrons. The highest BCUT2D eigenvalue weighted by molar-refractivity contribution is 7.89. The maximum Gasteiger partial charge on any atom is 0.289 e. The monoisotopic (exact) mass is 370 g/mol. The summed E-state index contributed by atoms with van der Waals surface area (Å²) in [6, 6.07) is 16.1. The zero-order valence-corrected chi connectivity index (χ0v) is 14.9. The molecule has 1 aliphatic rings. The Kier molecular flexibility index (Phi) is 4.26. The van der Waals surface area contributed by atoms with Crippen LogP contribution in [0.2, 0.25) is 0 Å². The number of furan rings is 1. The molecule has 2 aromatic carbocycles. The first kappa shape index (κ1) is 16.8. The van der Waals surface area contributed by atoms with Gasteiger partial charge in [0.2, 0.25) is 10.0 Å². The van der Waals surface area contributed by atoms with Crippen molar-refractivity contribution in [3.05, 3.63) is 66.6 Å². The number of benzene rings is 2. The van der Waals surface area contributed by atoms with Gasteiger partial charge in [0.05, 0.1) is 11.2 Å². The van der Waals surface area contributed by atoms with Crippen molar-refractivity contribution in [1.29, 1.82) is 0 Å². The maximum atomic E-state index is 12.9. The molecule has 1 aliphatic heterocycles. The van der Waals surface area contributed by atoms with E-state index in [2.05, 4.69) is 0 Å². The van der Waals surface area contributed by atoms with Gasteiger partial charge in [-0.05, 0) is 35.0 Å². The van der Waals surface area contributed by atoms with Gasteiger partial charge in [-0.25, -0.2) is 8.42 Å². The second-order valence-electron chi connectivity index (χ2n) is 6.18. The van der Waals surface area contributed by atoms with Crippen LogP contribution < -0.4 is 0 Å². The number of fused-ring (bicyclic) bond motifs is 1. The second kappa shape index (κ2) is 6.59. The summed E-state index contributed by atoms with van der Waals surface area (Å²) >= 11 is 0. The Hall–Kier alpha value is -2.64. The molecule has 7 heteroatoms. The van der Waals surface area contributed by atoms with Crippen molar-refractivity contribution in [2.24, 2.45) is 0 Å². The van der Waals surface area contributed by atoms with Gasteiger partial charge in [-0.15, -0.1) is 0 Å². The van der Waals surface area contributed by atoms with Gasteiger partial charge in [0.15, 0.2) is 5.76 Å². The van der Waals surface area contributed by atoms with Crippen molar-refractivity contribution in [2.75, 3.05) is 26.2 Å². The van der Waals surface area contributed by atoms with Crippen LogP contribution in [-0.2, 0) is 10.0 Å². The molecule has 0 aliphatic carbocycles. The van der Waals surface area contributed by atoms with Crippen molar-refractivity contribution < 1.29 is 17.6 Å². The summed E-state index contributed by atoms with van der Waals surface area (Å²) in [7, 11) is -3.58. The van der Waals surface area contributed by atoms with Gasteiger partial charge >= 0.3 is 0 Å². The lowest BCUT2D eigenvalue weighted by atomic mass is 10.1. The molecule has 1 amide bonds. The first-order valence-corrected chi connectivity index (χ1v) is 9.81.